The average molecular weight is 268 g/mol. The highest BCUT2D eigenvalue weighted by Gasteiger charge is 2.21. The number of hydrogen-bond acceptors (Lipinski definition) is 4. The summed E-state index contributed by atoms with van der Waals surface area (Å²) in [5.74, 6) is 0.194. The third-order valence-corrected chi connectivity index (χ3v) is 3.12. The molecule has 0 saturated carbocycles. The highest BCUT2D eigenvalue weighted by atomic mass is 16.2. The lowest BCUT2D eigenvalue weighted by molar-refractivity contribution is -0.133. The van der Waals surface area contributed by atoms with Crippen LogP contribution in [0.1, 0.15) is 6.42 Å². The molecule has 0 aliphatic carbocycles. The lowest BCUT2D eigenvalue weighted by Gasteiger charge is -2.34. The first-order chi connectivity index (χ1) is 9.17. The molecule has 6 heteroatoms. The van der Waals surface area contributed by atoms with Crippen LogP contribution in [0, 0.1) is 0 Å². The summed E-state index contributed by atoms with van der Waals surface area (Å²) in [6.07, 6.45) is 2.20. The number of piperazine rings is 1. The molecular weight excluding hydrogens is 244 g/mol. The molecule has 0 radical (unpaired) electrons. The van der Waals surface area contributed by atoms with Crippen molar-refractivity contribution in [3.05, 3.63) is 12.7 Å². The number of amides is 2. The van der Waals surface area contributed by atoms with Gasteiger partial charge in [0, 0.05) is 45.7 Å². The molecule has 0 spiro atoms. The van der Waals surface area contributed by atoms with Crippen LogP contribution in [0.3, 0.4) is 0 Å². The zero-order valence-corrected chi connectivity index (χ0v) is 11.7. The largest absolute Gasteiger partial charge is 0.352 e. The second kappa shape index (κ2) is 8.66. The summed E-state index contributed by atoms with van der Waals surface area (Å²) in [7, 11) is 1.84. The Kier molecular flexibility index (Phi) is 7.14. The maximum absolute atomic E-state index is 11.8. The van der Waals surface area contributed by atoms with Crippen LogP contribution in [0.25, 0.3) is 0 Å². The van der Waals surface area contributed by atoms with Crippen molar-refractivity contribution in [3.63, 3.8) is 0 Å². The van der Waals surface area contributed by atoms with E-state index in [0.717, 1.165) is 13.1 Å². The van der Waals surface area contributed by atoms with Gasteiger partial charge in [-0.3, -0.25) is 14.5 Å². The number of rotatable bonds is 7. The molecule has 6 nitrogen and oxygen atoms in total. The Labute approximate surface area is 114 Å². The first-order valence-corrected chi connectivity index (χ1v) is 6.69. The van der Waals surface area contributed by atoms with Crippen molar-refractivity contribution in [2.75, 3.05) is 52.9 Å². The van der Waals surface area contributed by atoms with Gasteiger partial charge in [-0.25, -0.2) is 0 Å². The highest BCUT2D eigenvalue weighted by Crippen LogP contribution is 2.03. The van der Waals surface area contributed by atoms with Crippen LogP contribution in [0.15, 0.2) is 12.7 Å². The predicted molar refractivity (Wildman–Crippen MR) is 74.8 cm³/mol. The highest BCUT2D eigenvalue weighted by molar-refractivity contribution is 5.78. The minimum atomic E-state index is 0.00913. The third-order valence-electron chi connectivity index (χ3n) is 3.12. The van der Waals surface area contributed by atoms with E-state index in [4.69, 9.17) is 0 Å². The van der Waals surface area contributed by atoms with E-state index in [1.54, 1.807) is 6.08 Å². The van der Waals surface area contributed by atoms with Crippen LogP contribution in [-0.4, -0.2) is 74.5 Å². The Morgan fingerprint density at radius 1 is 1.26 bits per heavy atom. The van der Waals surface area contributed by atoms with Crippen LogP contribution in [0.2, 0.25) is 0 Å². The van der Waals surface area contributed by atoms with Gasteiger partial charge in [0.05, 0.1) is 6.54 Å². The van der Waals surface area contributed by atoms with E-state index in [1.165, 1.54) is 0 Å². The first-order valence-electron chi connectivity index (χ1n) is 6.69. The molecule has 0 aromatic rings. The van der Waals surface area contributed by atoms with Crippen LogP contribution >= 0.6 is 0 Å². The Bertz CT molecular complexity index is 312. The van der Waals surface area contributed by atoms with Crippen molar-refractivity contribution < 1.29 is 9.59 Å². The molecule has 1 heterocycles. The van der Waals surface area contributed by atoms with Crippen molar-refractivity contribution in [1.82, 2.24) is 20.4 Å². The maximum Gasteiger partial charge on any atom is 0.234 e. The predicted octanol–water partition coefficient (Wildman–Crippen LogP) is -0.958. The van der Waals surface area contributed by atoms with Gasteiger partial charge in [0.1, 0.15) is 0 Å². The first kappa shape index (κ1) is 15.7. The number of hydrogen-bond donors (Lipinski definition) is 2. The summed E-state index contributed by atoms with van der Waals surface area (Å²) in [5.41, 5.74) is 0. The normalized spacial score (nSPS) is 16.2. The molecule has 2 amide bonds. The molecule has 1 aliphatic heterocycles. The summed E-state index contributed by atoms with van der Waals surface area (Å²) in [6.45, 7) is 8.09. The van der Waals surface area contributed by atoms with Gasteiger partial charge in [-0.05, 0) is 7.05 Å². The van der Waals surface area contributed by atoms with Gasteiger partial charge in [0.15, 0.2) is 0 Å². The number of carbonyl (C=O) groups excluding carboxylic acids is 2. The molecule has 1 fully saturated rings. The molecule has 2 N–H and O–H groups in total. The van der Waals surface area contributed by atoms with Crippen LogP contribution in [-0.2, 0) is 9.59 Å². The summed E-state index contributed by atoms with van der Waals surface area (Å²) in [6, 6.07) is 0. The summed E-state index contributed by atoms with van der Waals surface area (Å²) >= 11 is 0. The van der Waals surface area contributed by atoms with Crippen molar-refractivity contribution >= 4 is 11.8 Å². The monoisotopic (exact) mass is 268 g/mol. The van der Waals surface area contributed by atoms with E-state index in [-0.39, 0.29) is 11.8 Å². The number of nitrogens with zero attached hydrogens (tertiary/aromatic N) is 2. The van der Waals surface area contributed by atoms with Gasteiger partial charge in [0.2, 0.25) is 11.8 Å². The minimum absolute atomic E-state index is 0.00913. The number of carbonyl (C=O) groups is 2. The fraction of sp³-hybridized carbons (Fsp3) is 0.692. The smallest absolute Gasteiger partial charge is 0.234 e. The Morgan fingerprint density at radius 2 is 1.95 bits per heavy atom. The van der Waals surface area contributed by atoms with E-state index < -0.39 is 0 Å². The van der Waals surface area contributed by atoms with E-state index in [0.29, 0.717) is 39.1 Å². The zero-order chi connectivity index (χ0) is 14.1. The summed E-state index contributed by atoms with van der Waals surface area (Å²) in [5, 5.41) is 5.73. The quantitative estimate of drug-likeness (QED) is 0.584. The third kappa shape index (κ3) is 5.85. The molecule has 19 heavy (non-hydrogen) atoms. The topological polar surface area (TPSA) is 64.7 Å². The minimum Gasteiger partial charge on any atom is -0.352 e. The van der Waals surface area contributed by atoms with E-state index >= 15 is 0 Å². The standard InChI is InChI=1S/C13H24N4O2/c1-3-5-15-12(18)11-16-7-9-17(10-8-16)13(19)4-6-14-2/h3,14H,1,4-11H2,2H3,(H,15,18). The molecule has 0 bridgehead atoms. The lowest BCUT2D eigenvalue weighted by atomic mass is 10.2. The molecular formula is C13H24N4O2. The van der Waals surface area contributed by atoms with Gasteiger partial charge >= 0.3 is 0 Å². The zero-order valence-electron chi connectivity index (χ0n) is 11.7. The van der Waals surface area contributed by atoms with Crippen molar-refractivity contribution in [2.24, 2.45) is 0 Å². The van der Waals surface area contributed by atoms with E-state index in [2.05, 4.69) is 22.1 Å². The molecule has 0 aromatic carbocycles. The maximum atomic E-state index is 11.8. The second-order valence-electron chi connectivity index (χ2n) is 4.60. The molecule has 0 aromatic heterocycles. The lowest BCUT2D eigenvalue weighted by Crippen LogP contribution is -2.51. The van der Waals surface area contributed by atoms with Crippen molar-refractivity contribution in [3.8, 4) is 0 Å². The molecule has 108 valence electrons. The van der Waals surface area contributed by atoms with Crippen molar-refractivity contribution in [2.45, 2.75) is 6.42 Å². The molecule has 1 saturated heterocycles. The Hall–Kier alpha value is -1.40. The fourth-order valence-electron chi connectivity index (χ4n) is 1.99. The molecule has 1 rings (SSSR count). The van der Waals surface area contributed by atoms with Crippen LogP contribution in [0.4, 0.5) is 0 Å². The Balaban J connectivity index is 2.23. The van der Waals surface area contributed by atoms with Crippen molar-refractivity contribution in [1.29, 1.82) is 0 Å². The molecule has 0 atom stereocenters. The molecule has 1 aliphatic rings. The average Bonchev–Trinajstić information content (AvgIpc) is 2.43. The summed E-state index contributed by atoms with van der Waals surface area (Å²) in [4.78, 5) is 27.3. The van der Waals surface area contributed by atoms with E-state index in [9.17, 15) is 9.59 Å². The Morgan fingerprint density at radius 3 is 2.53 bits per heavy atom. The SMILES string of the molecule is C=CCNC(=O)CN1CCN(C(=O)CCNC)CC1. The second-order valence-corrected chi connectivity index (χ2v) is 4.60. The fourth-order valence-corrected chi connectivity index (χ4v) is 1.99. The van der Waals surface area contributed by atoms with Gasteiger partial charge in [-0.2, -0.15) is 0 Å². The number of nitrogens with one attached hydrogen (secondary N) is 2. The van der Waals surface area contributed by atoms with Gasteiger partial charge in [-0.15, -0.1) is 6.58 Å². The van der Waals surface area contributed by atoms with Gasteiger partial charge in [-0.1, -0.05) is 6.08 Å². The molecule has 0 unspecified atom stereocenters. The summed E-state index contributed by atoms with van der Waals surface area (Å²) < 4.78 is 0. The van der Waals surface area contributed by atoms with Gasteiger partial charge < -0.3 is 15.5 Å². The van der Waals surface area contributed by atoms with Crippen LogP contribution in [0.5, 0.6) is 0 Å². The van der Waals surface area contributed by atoms with E-state index in [1.807, 2.05) is 11.9 Å². The van der Waals surface area contributed by atoms with Crippen LogP contribution < -0.4 is 10.6 Å². The van der Waals surface area contributed by atoms with Gasteiger partial charge in [0.25, 0.3) is 0 Å².